The molecular formula is C26H35N3O4. The number of non-ortho nitro benzene ring substituents is 1. The molecule has 0 saturated heterocycles. The van der Waals surface area contributed by atoms with E-state index in [4.69, 9.17) is 4.74 Å². The lowest BCUT2D eigenvalue weighted by molar-refractivity contribution is -0.384. The van der Waals surface area contributed by atoms with Gasteiger partial charge in [-0.1, -0.05) is 76.8 Å². The number of benzene rings is 2. The van der Waals surface area contributed by atoms with Crippen LogP contribution < -0.4 is 15.4 Å². The van der Waals surface area contributed by atoms with Crippen LogP contribution in [0.25, 0.3) is 0 Å². The van der Waals surface area contributed by atoms with Gasteiger partial charge in [0.1, 0.15) is 11.9 Å². The Balaban J connectivity index is 1.37. The van der Waals surface area contributed by atoms with E-state index >= 15 is 0 Å². The zero-order valence-corrected chi connectivity index (χ0v) is 19.5. The van der Waals surface area contributed by atoms with E-state index in [-0.39, 0.29) is 17.2 Å². The van der Waals surface area contributed by atoms with Crippen molar-refractivity contribution in [2.24, 2.45) is 0 Å². The number of nitrogens with one attached hydrogen (secondary N) is 2. The Kier molecular flexibility index (Phi) is 9.54. The van der Waals surface area contributed by atoms with Gasteiger partial charge in [0, 0.05) is 17.8 Å². The Morgan fingerprint density at radius 3 is 2.15 bits per heavy atom. The average molecular weight is 454 g/mol. The summed E-state index contributed by atoms with van der Waals surface area (Å²) in [6, 6.07) is 11.9. The third kappa shape index (κ3) is 7.48. The molecule has 2 aromatic rings. The average Bonchev–Trinajstić information content (AvgIpc) is 2.82. The van der Waals surface area contributed by atoms with Crippen LogP contribution in [0, 0.1) is 10.1 Å². The molecule has 0 radical (unpaired) electrons. The van der Waals surface area contributed by atoms with Crippen molar-refractivity contribution < 1.29 is 14.5 Å². The standard InChI is InChI=1S/C26H35N3O4/c1-2-3-4-5-6-7-8-9-10-11-18-33-22-15-12-20(13-16-22)25-27-24-17-14-21(29(31)32)19-23(24)26(30)28-25/h12-17,19,25,27H,2-11,18H2,1H3,(H,28,30). The maximum absolute atomic E-state index is 12.4. The van der Waals surface area contributed by atoms with E-state index in [9.17, 15) is 14.9 Å². The third-order valence-electron chi connectivity index (χ3n) is 6.01. The minimum absolute atomic E-state index is 0.104. The van der Waals surface area contributed by atoms with Gasteiger partial charge in [-0.2, -0.15) is 0 Å². The number of nitro groups is 1. The van der Waals surface area contributed by atoms with Gasteiger partial charge >= 0.3 is 0 Å². The number of fused-ring (bicyclic) bond motifs is 1. The molecule has 1 aliphatic rings. The first kappa shape index (κ1) is 24.6. The maximum atomic E-state index is 12.4. The molecule has 0 aliphatic carbocycles. The van der Waals surface area contributed by atoms with Gasteiger partial charge in [0.15, 0.2) is 0 Å². The highest BCUT2D eigenvalue weighted by molar-refractivity contribution is 6.02. The van der Waals surface area contributed by atoms with Gasteiger partial charge in [-0.05, 0) is 30.2 Å². The molecule has 0 aromatic heterocycles. The number of hydrogen-bond donors (Lipinski definition) is 2. The molecule has 0 fully saturated rings. The molecule has 0 bridgehead atoms. The first-order chi connectivity index (χ1) is 16.1. The van der Waals surface area contributed by atoms with Crippen molar-refractivity contribution in [1.82, 2.24) is 5.32 Å². The highest BCUT2D eigenvalue weighted by Gasteiger charge is 2.26. The normalized spacial score (nSPS) is 14.8. The van der Waals surface area contributed by atoms with Crippen molar-refractivity contribution in [2.75, 3.05) is 11.9 Å². The van der Waals surface area contributed by atoms with Gasteiger partial charge in [0.05, 0.1) is 17.1 Å². The van der Waals surface area contributed by atoms with Crippen molar-refractivity contribution in [3.05, 3.63) is 63.7 Å². The maximum Gasteiger partial charge on any atom is 0.270 e. The molecule has 2 N–H and O–H groups in total. The number of anilines is 1. The molecule has 3 rings (SSSR count). The molecule has 1 heterocycles. The van der Waals surface area contributed by atoms with E-state index in [0.717, 1.165) is 17.7 Å². The molecule has 0 saturated carbocycles. The number of carbonyl (C=O) groups is 1. The molecule has 33 heavy (non-hydrogen) atoms. The number of hydrogen-bond acceptors (Lipinski definition) is 5. The lowest BCUT2D eigenvalue weighted by Crippen LogP contribution is -2.38. The smallest absolute Gasteiger partial charge is 0.270 e. The van der Waals surface area contributed by atoms with Crippen LogP contribution in [0.3, 0.4) is 0 Å². The van der Waals surface area contributed by atoms with Crippen LogP contribution in [0.1, 0.15) is 93.2 Å². The summed E-state index contributed by atoms with van der Waals surface area (Å²) in [5.41, 5.74) is 1.64. The highest BCUT2D eigenvalue weighted by Crippen LogP contribution is 2.30. The molecule has 178 valence electrons. The zero-order chi connectivity index (χ0) is 23.5. The molecule has 1 amide bonds. The number of ether oxygens (including phenoxy) is 1. The zero-order valence-electron chi connectivity index (χ0n) is 19.5. The van der Waals surface area contributed by atoms with Gasteiger partial charge in [-0.3, -0.25) is 14.9 Å². The molecule has 0 spiro atoms. The van der Waals surface area contributed by atoms with Gasteiger partial charge in [0.2, 0.25) is 0 Å². The van der Waals surface area contributed by atoms with Crippen LogP contribution in [0.2, 0.25) is 0 Å². The van der Waals surface area contributed by atoms with Crippen molar-refractivity contribution in [2.45, 2.75) is 77.3 Å². The Bertz CT molecular complexity index is 914. The second-order valence-corrected chi connectivity index (χ2v) is 8.64. The van der Waals surface area contributed by atoms with Crippen LogP contribution >= 0.6 is 0 Å². The predicted molar refractivity (Wildman–Crippen MR) is 131 cm³/mol. The van der Waals surface area contributed by atoms with Crippen LogP contribution in [-0.2, 0) is 0 Å². The number of amides is 1. The van der Waals surface area contributed by atoms with Crippen molar-refractivity contribution in [1.29, 1.82) is 0 Å². The van der Waals surface area contributed by atoms with Crippen LogP contribution in [0.5, 0.6) is 5.75 Å². The second kappa shape index (κ2) is 12.8. The Morgan fingerprint density at radius 2 is 1.52 bits per heavy atom. The van der Waals surface area contributed by atoms with E-state index in [1.165, 1.54) is 69.9 Å². The third-order valence-corrected chi connectivity index (χ3v) is 6.01. The predicted octanol–water partition coefficient (Wildman–Crippen LogP) is 6.75. The van der Waals surface area contributed by atoms with Gasteiger partial charge < -0.3 is 15.4 Å². The summed E-state index contributed by atoms with van der Waals surface area (Å²) >= 11 is 0. The van der Waals surface area contributed by atoms with Crippen LogP contribution in [0.4, 0.5) is 11.4 Å². The minimum atomic E-state index is -0.506. The first-order valence-electron chi connectivity index (χ1n) is 12.2. The summed E-state index contributed by atoms with van der Waals surface area (Å²) in [5, 5.41) is 17.0. The Morgan fingerprint density at radius 1 is 0.879 bits per heavy atom. The lowest BCUT2D eigenvalue weighted by atomic mass is 10.0. The molecule has 7 nitrogen and oxygen atoms in total. The summed E-state index contributed by atoms with van der Waals surface area (Å²) in [4.78, 5) is 22.9. The van der Waals surface area contributed by atoms with Crippen LogP contribution in [0.15, 0.2) is 42.5 Å². The lowest BCUT2D eigenvalue weighted by Gasteiger charge is -2.28. The second-order valence-electron chi connectivity index (χ2n) is 8.64. The van der Waals surface area contributed by atoms with E-state index < -0.39 is 11.1 Å². The van der Waals surface area contributed by atoms with E-state index in [0.29, 0.717) is 12.3 Å². The first-order valence-corrected chi connectivity index (χ1v) is 12.2. The van der Waals surface area contributed by atoms with Crippen molar-refractivity contribution in [3.8, 4) is 5.75 Å². The van der Waals surface area contributed by atoms with Crippen molar-refractivity contribution in [3.63, 3.8) is 0 Å². The largest absolute Gasteiger partial charge is 0.494 e. The molecule has 1 unspecified atom stereocenters. The monoisotopic (exact) mass is 453 g/mol. The van der Waals surface area contributed by atoms with Crippen LogP contribution in [-0.4, -0.2) is 17.4 Å². The summed E-state index contributed by atoms with van der Waals surface area (Å²) in [6.07, 6.45) is 12.6. The molecule has 1 atom stereocenters. The quantitative estimate of drug-likeness (QED) is 0.187. The summed E-state index contributed by atoms with van der Waals surface area (Å²) < 4.78 is 5.86. The van der Waals surface area contributed by atoms with E-state index in [1.807, 2.05) is 24.3 Å². The SMILES string of the molecule is CCCCCCCCCCCCOc1ccc(C2NC(=O)c3cc([N+](=O)[O-])ccc3N2)cc1. The summed E-state index contributed by atoms with van der Waals surface area (Å²) in [7, 11) is 0. The Labute approximate surface area is 196 Å². The number of nitrogens with zero attached hydrogens (tertiary/aromatic N) is 1. The van der Waals surface area contributed by atoms with Gasteiger partial charge in [-0.15, -0.1) is 0 Å². The number of nitro benzene ring substituents is 1. The topological polar surface area (TPSA) is 93.5 Å². The number of rotatable bonds is 14. The van der Waals surface area contributed by atoms with Gasteiger partial charge in [0.25, 0.3) is 11.6 Å². The fourth-order valence-corrected chi connectivity index (χ4v) is 4.06. The fourth-order valence-electron chi connectivity index (χ4n) is 4.06. The summed E-state index contributed by atoms with van der Waals surface area (Å²) in [5.74, 6) is 0.478. The fraction of sp³-hybridized carbons (Fsp3) is 0.500. The van der Waals surface area contributed by atoms with E-state index in [1.54, 1.807) is 6.07 Å². The highest BCUT2D eigenvalue weighted by atomic mass is 16.6. The van der Waals surface area contributed by atoms with E-state index in [2.05, 4.69) is 17.6 Å². The minimum Gasteiger partial charge on any atom is -0.494 e. The molecule has 2 aromatic carbocycles. The molecule has 7 heteroatoms. The number of unbranched alkanes of at least 4 members (excludes halogenated alkanes) is 9. The van der Waals surface area contributed by atoms with Gasteiger partial charge in [-0.25, -0.2) is 0 Å². The number of carbonyl (C=O) groups excluding carboxylic acids is 1. The van der Waals surface area contributed by atoms with Crippen molar-refractivity contribution >= 4 is 17.3 Å². The molecular weight excluding hydrogens is 418 g/mol. The summed E-state index contributed by atoms with van der Waals surface area (Å²) in [6.45, 7) is 2.96. The molecule has 1 aliphatic heterocycles. The Hall–Kier alpha value is -3.09.